The molecule has 1 saturated heterocycles. The monoisotopic (exact) mass is 445 g/mol. The minimum atomic E-state index is -0.990. The maximum Gasteiger partial charge on any atom is 0.408 e. The van der Waals surface area contributed by atoms with E-state index in [1.54, 1.807) is 12.1 Å². The van der Waals surface area contributed by atoms with Crippen LogP contribution in [0.4, 0.5) is 10.7 Å². The van der Waals surface area contributed by atoms with E-state index in [9.17, 15) is 14.7 Å². The Morgan fingerprint density at radius 3 is 2.34 bits per heavy atom. The summed E-state index contributed by atoms with van der Waals surface area (Å²) in [5.74, 6) is 2.51. The van der Waals surface area contributed by atoms with E-state index in [0.29, 0.717) is 49.9 Å². The Morgan fingerprint density at radius 2 is 1.88 bits per heavy atom. The molecule has 1 amide bonds. The van der Waals surface area contributed by atoms with Crippen LogP contribution in [0.3, 0.4) is 0 Å². The SMILES string of the molecule is CC(CN(C)OCC(=C=O)N1CCN(c2ncc(C#N)cn2)CC1)N(C(=O)O)C(C)(C)C. The van der Waals surface area contributed by atoms with Crippen molar-refractivity contribution in [3.05, 3.63) is 23.7 Å². The maximum atomic E-state index is 11.6. The first kappa shape index (κ1) is 25.1. The van der Waals surface area contributed by atoms with Gasteiger partial charge in [0.05, 0.1) is 18.0 Å². The summed E-state index contributed by atoms with van der Waals surface area (Å²) in [5.41, 5.74) is 0.261. The molecule has 2 rings (SSSR count). The van der Waals surface area contributed by atoms with Crippen molar-refractivity contribution >= 4 is 18.0 Å². The lowest BCUT2D eigenvalue weighted by molar-refractivity contribution is -0.144. The molecule has 0 aliphatic carbocycles. The van der Waals surface area contributed by atoms with Gasteiger partial charge in [0.15, 0.2) is 0 Å². The zero-order valence-corrected chi connectivity index (χ0v) is 19.3. The second kappa shape index (κ2) is 10.9. The van der Waals surface area contributed by atoms with Crippen LogP contribution in [0.25, 0.3) is 0 Å². The molecule has 0 aromatic carbocycles. The van der Waals surface area contributed by atoms with Gasteiger partial charge in [-0.1, -0.05) is 0 Å². The van der Waals surface area contributed by atoms with Crippen LogP contribution in [0.1, 0.15) is 33.3 Å². The number of carboxylic acid groups (broad SMARTS) is 1. The molecule has 1 aromatic rings. The van der Waals surface area contributed by atoms with Crippen molar-refractivity contribution in [1.82, 2.24) is 24.8 Å². The molecule has 11 nitrogen and oxygen atoms in total. The summed E-state index contributed by atoms with van der Waals surface area (Å²) in [6.45, 7) is 10.1. The topological polar surface area (TPSA) is 126 Å². The zero-order valence-electron chi connectivity index (χ0n) is 19.3. The molecule has 1 unspecified atom stereocenters. The Balaban J connectivity index is 1.85. The second-order valence-corrected chi connectivity index (χ2v) is 8.66. The Bertz CT molecular complexity index is 864. The first-order valence-electron chi connectivity index (χ1n) is 10.4. The number of carbonyl (C=O) groups excluding carboxylic acids is 1. The predicted molar refractivity (Wildman–Crippen MR) is 117 cm³/mol. The van der Waals surface area contributed by atoms with Gasteiger partial charge in [0.25, 0.3) is 0 Å². The van der Waals surface area contributed by atoms with Crippen molar-refractivity contribution in [1.29, 1.82) is 5.26 Å². The average Bonchev–Trinajstić information content (AvgIpc) is 2.73. The highest BCUT2D eigenvalue weighted by molar-refractivity contribution is 5.66. The highest BCUT2D eigenvalue weighted by Crippen LogP contribution is 2.18. The Morgan fingerprint density at radius 1 is 1.28 bits per heavy atom. The van der Waals surface area contributed by atoms with Crippen molar-refractivity contribution in [3.63, 3.8) is 0 Å². The average molecular weight is 446 g/mol. The van der Waals surface area contributed by atoms with E-state index < -0.39 is 11.6 Å². The molecule has 11 heteroatoms. The summed E-state index contributed by atoms with van der Waals surface area (Å²) in [4.78, 5) is 42.6. The molecule has 0 saturated carbocycles. The number of amides is 1. The molecule has 1 N–H and O–H groups in total. The fourth-order valence-corrected chi connectivity index (χ4v) is 3.72. The first-order chi connectivity index (χ1) is 15.1. The normalized spacial score (nSPS) is 15.2. The number of hydrogen-bond donors (Lipinski definition) is 1. The number of likely N-dealkylation sites (N-methyl/N-ethyl adjacent to an activating group) is 1. The van der Waals surface area contributed by atoms with Crippen molar-refractivity contribution in [2.75, 3.05) is 51.3 Å². The standard InChI is InChI=1S/C21H31N7O4/c1-16(28(20(30)31)21(2,3)4)13-25(5)32-15-18(14-29)26-6-8-27(9-7-26)19-23-11-17(10-22)12-24-19/h11-12,16H,6-9,13,15H2,1-5H3,(H,30,31). The highest BCUT2D eigenvalue weighted by atomic mass is 16.7. The number of aromatic nitrogens is 2. The van der Waals surface area contributed by atoms with Crippen molar-refractivity contribution in [2.24, 2.45) is 0 Å². The lowest BCUT2D eigenvalue weighted by atomic mass is 10.0. The molecule has 1 atom stereocenters. The van der Waals surface area contributed by atoms with Gasteiger partial charge in [-0.3, -0.25) is 9.74 Å². The van der Waals surface area contributed by atoms with Crippen molar-refractivity contribution in [2.45, 2.75) is 39.3 Å². The lowest BCUT2D eigenvalue weighted by Crippen LogP contribution is -2.53. The van der Waals surface area contributed by atoms with Gasteiger partial charge in [-0.15, -0.1) is 0 Å². The molecule has 174 valence electrons. The number of hydroxylamine groups is 2. The van der Waals surface area contributed by atoms with Crippen LogP contribution in [-0.4, -0.2) is 99.9 Å². The molecule has 1 aliphatic heterocycles. The molecule has 0 bridgehead atoms. The summed E-state index contributed by atoms with van der Waals surface area (Å²) >= 11 is 0. The van der Waals surface area contributed by atoms with Gasteiger partial charge in [-0.2, -0.15) is 10.3 Å². The van der Waals surface area contributed by atoms with E-state index >= 15 is 0 Å². The van der Waals surface area contributed by atoms with Gasteiger partial charge in [-0.25, -0.2) is 19.6 Å². The van der Waals surface area contributed by atoms with E-state index in [1.807, 2.05) is 49.5 Å². The summed E-state index contributed by atoms with van der Waals surface area (Å²) in [5, 5.41) is 19.9. The van der Waals surface area contributed by atoms with Gasteiger partial charge in [0.1, 0.15) is 24.3 Å². The number of anilines is 1. The molecular weight excluding hydrogens is 414 g/mol. The van der Waals surface area contributed by atoms with E-state index in [1.165, 1.54) is 17.3 Å². The van der Waals surface area contributed by atoms with E-state index in [2.05, 4.69) is 9.97 Å². The van der Waals surface area contributed by atoms with Crippen LogP contribution in [0.15, 0.2) is 18.1 Å². The smallest absolute Gasteiger partial charge is 0.408 e. The van der Waals surface area contributed by atoms with Gasteiger partial charge in [0.2, 0.25) is 5.95 Å². The van der Waals surface area contributed by atoms with Crippen molar-refractivity contribution < 1.29 is 19.5 Å². The minimum absolute atomic E-state index is 0.0443. The molecular formula is C21H31N7O4. The van der Waals surface area contributed by atoms with Crippen LogP contribution in [0.2, 0.25) is 0 Å². The quantitative estimate of drug-likeness (QED) is 0.461. The third-order valence-electron chi connectivity index (χ3n) is 5.14. The Hall–Kier alpha value is -3.19. The van der Waals surface area contributed by atoms with Gasteiger partial charge in [0, 0.05) is 51.4 Å². The van der Waals surface area contributed by atoms with Crippen molar-refractivity contribution in [3.8, 4) is 6.07 Å². The van der Waals surface area contributed by atoms with Crippen LogP contribution >= 0.6 is 0 Å². The molecule has 0 spiro atoms. The predicted octanol–water partition coefficient (Wildman–Crippen LogP) is 1.22. The van der Waals surface area contributed by atoms with Crippen LogP contribution in [0.5, 0.6) is 0 Å². The Kier molecular flexibility index (Phi) is 8.55. The number of nitrogens with zero attached hydrogens (tertiary/aromatic N) is 7. The number of carbonyl (C=O) groups is 1. The zero-order chi connectivity index (χ0) is 23.9. The van der Waals surface area contributed by atoms with Crippen LogP contribution in [-0.2, 0) is 9.63 Å². The minimum Gasteiger partial charge on any atom is -0.465 e. The molecule has 1 aliphatic rings. The van der Waals surface area contributed by atoms with Crippen LogP contribution in [0, 0.1) is 11.3 Å². The van der Waals surface area contributed by atoms with Gasteiger partial charge < -0.3 is 14.9 Å². The Labute approximate surface area is 188 Å². The van der Waals surface area contributed by atoms with Gasteiger partial charge >= 0.3 is 6.09 Å². The molecule has 32 heavy (non-hydrogen) atoms. The third kappa shape index (κ3) is 6.65. The summed E-state index contributed by atoms with van der Waals surface area (Å²) < 4.78 is 0. The first-order valence-corrected chi connectivity index (χ1v) is 10.4. The van der Waals surface area contributed by atoms with Crippen LogP contribution < -0.4 is 4.90 Å². The maximum absolute atomic E-state index is 11.6. The molecule has 1 aromatic heterocycles. The molecule has 2 heterocycles. The summed E-state index contributed by atoms with van der Waals surface area (Å²) in [7, 11) is 1.71. The second-order valence-electron chi connectivity index (χ2n) is 8.66. The number of hydrogen-bond acceptors (Lipinski definition) is 9. The largest absolute Gasteiger partial charge is 0.465 e. The van der Waals surface area contributed by atoms with E-state index in [0.717, 1.165) is 0 Å². The summed E-state index contributed by atoms with van der Waals surface area (Å²) in [6, 6.07) is 1.68. The van der Waals surface area contributed by atoms with E-state index in [-0.39, 0.29) is 12.6 Å². The fourth-order valence-electron chi connectivity index (χ4n) is 3.72. The molecule has 0 radical (unpaired) electrons. The molecule has 1 fully saturated rings. The number of rotatable bonds is 8. The van der Waals surface area contributed by atoms with E-state index in [4.69, 9.17) is 10.1 Å². The summed E-state index contributed by atoms with van der Waals surface area (Å²) in [6.07, 6.45) is 1.98. The lowest BCUT2D eigenvalue weighted by Gasteiger charge is -2.39. The van der Waals surface area contributed by atoms with Gasteiger partial charge in [-0.05, 0) is 27.7 Å². The number of piperazine rings is 1. The third-order valence-corrected chi connectivity index (χ3v) is 5.14. The highest BCUT2D eigenvalue weighted by Gasteiger charge is 2.31. The fraction of sp³-hybridized carbons (Fsp3) is 0.619. The number of nitriles is 1.